The third-order valence-electron chi connectivity index (χ3n) is 6.50. The molecule has 0 radical (unpaired) electrons. The molecular formula is C22H35N7O. The van der Waals surface area contributed by atoms with Crippen molar-refractivity contribution in [2.75, 3.05) is 25.1 Å². The topological polar surface area (TPSA) is 97.6 Å². The summed E-state index contributed by atoms with van der Waals surface area (Å²) in [5.74, 6) is 2.23. The van der Waals surface area contributed by atoms with Crippen LogP contribution in [0.3, 0.4) is 0 Å². The Hall–Kier alpha value is -2.13. The highest BCUT2D eigenvalue weighted by Crippen LogP contribution is 2.40. The molecule has 0 spiro atoms. The van der Waals surface area contributed by atoms with Crippen LogP contribution in [0.25, 0.3) is 0 Å². The minimum Gasteiger partial charge on any atom is -0.497 e. The van der Waals surface area contributed by atoms with E-state index in [-0.39, 0.29) is 12.3 Å². The van der Waals surface area contributed by atoms with E-state index >= 15 is 0 Å². The number of nitrogens with zero attached hydrogens (tertiary/aromatic N) is 4. The lowest BCUT2D eigenvalue weighted by Crippen LogP contribution is -2.67. The number of aromatic nitrogens is 2. The Kier molecular flexibility index (Phi) is 6.02. The zero-order valence-electron chi connectivity index (χ0n) is 18.5. The molecule has 8 heteroatoms. The van der Waals surface area contributed by atoms with E-state index in [2.05, 4.69) is 48.0 Å². The van der Waals surface area contributed by atoms with Crippen LogP contribution in [0.2, 0.25) is 0 Å². The molecule has 2 unspecified atom stereocenters. The van der Waals surface area contributed by atoms with Crippen LogP contribution in [0.4, 0.5) is 5.82 Å². The number of nitrogens with one attached hydrogen (secondary N) is 1. The quantitative estimate of drug-likeness (QED) is 0.692. The van der Waals surface area contributed by atoms with Crippen molar-refractivity contribution in [1.82, 2.24) is 20.0 Å². The predicted molar refractivity (Wildman–Crippen MR) is 119 cm³/mol. The smallest absolute Gasteiger partial charge is 0.160 e. The first-order valence-corrected chi connectivity index (χ1v) is 10.9. The molecule has 164 valence electrons. The zero-order valence-corrected chi connectivity index (χ0v) is 18.5. The summed E-state index contributed by atoms with van der Waals surface area (Å²) >= 11 is 0. The molecule has 1 fully saturated rings. The van der Waals surface area contributed by atoms with Gasteiger partial charge in [0.1, 0.15) is 17.9 Å². The lowest BCUT2D eigenvalue weighted by Gasteiger charge is -2.52. The normalized spacial score (nSPS) is 26.0. The summed E-state index contributed by atoms with van der Waals surface area (Å²) in [4.78, 5) is 4.49. The fourth-order valence-corrected chi connectivity index (χ4v) is 4.78. The molecule has 1 saturated heterocycles. The summed E-state index contributed by atoms with van der Waals surface area (Å²) in [5, 5.41) is 8.24. The number of benzene rings is 1. The molecule has 5 N–H and O–H groups in total. The van der Waals surface area contributed by atoms with Crippen LogP contribution in [-0.2, 0) is 0 Å². The van der Waals surface area contributed by atoms with Crippen LogP contribution in [-0.4, -0.2) is 47.2 Å². The van der Waals surface area contributed by atoms with Crippen molar-refractivity contribution < 1.29 is 4.74 Å². The van der Waals surface area contributed by atoms with Gasteiger partial charge in [-0.1, -0.05) is 26.0 Å². The maximum Gasteiger partial charge on any atom is 0.160 e. The number of nitrogens with two attached hydrogens (primary N) is 2. The first-order valence-electron chi connectivity index (χ1n) is 10.9. The molecule has 0 aliphatic carbocycles. The van der Waals surface area contributed by atoms with Crippen LogP contribution in [0, 0.1) is 0 Å². The molecule has 4 rings (SSSR count). The highest BCUT2D eigenvalue weighted by atomic mass is 16.5. The van der Waals surface area contributed by atoms with Crippen LogP contribution in [0.15, 0.2) is 30.5 Å². The van der Waals surface area contributed by atoms with Crippen LogP contribution in [0.1, 0.15) is 63.0 Å². The van der Waals surface area contributed by atoms with Crippen molar-refractivity contribution >= 4 is 5.82 Å². The number of ether oxygens (including phenoxy) is 1. The van der Waals surface area contributed by atoms with Crippen molar-refractivity contribution in [2.24, 2.45) is 11.5 Å². The van der Waals surface area contributed by atoms with Gasteiger partial charge in [0.2, 0.25) is 0 Å². The second kappa shape index (κ2) is 8.55. The molecule has 1 aromatic carbocycles. The maximum atomic E-state index is 6.97. The summed E-state index contributed by atoms with van der Waals surface area (Å²) in [6.07, 6.45) is 3.39. The van der Waals surface area contributed by atoms with Crippen molar-refractivity contribution in [3.05, 3.63) is 41.6 Å². The molecule has 2 aromatic rings. The van der Waals surface area contributed by atoms with Crippen molar-refractivity contribution in [3.63, 3.8) is 0 Å². The van der Waals surface area contributed by atoms with Gasteiger partial charge in [0.15, 0.2) is 6.29 Å². The van der Waals surface area contributed by atoms with Gasteiger partial charge in [-0.25, -0.2) is 9.58 Å². The lowest BCUT2D eigenvalue weighted by atomic mass is 10.0. The van der Waals surface area contributed by atoms with Crippen molar-refractivity contribution in [3.8, 4) is 5.75 Å². The third-order valence-corrected chi connectivity index (χ3v) is 6.50. The molecule has 30 heavy (non-hydrogen) atoms. The van der Waals surface area contributed by atoms with Gasteiger partial charge >= 0.3 is 0 Å². The maximum absolute atomic E-state index is 6.97. The van der Waals surface area contributed by atoms with Crippen molar-refractivity contribution in [2.45, 2.75) is 64.2 Å². The number of anilines is 1. The van der Waals surface area contributed by atoms with E-state index in [1.807, 2.05) is 23.0 Å². The summed E-state index contributed by atoms with van der Waals surface area (Å²) < 4.78 is 7.38. The zero-order chi connectivity index (χ0) is 21.4. The lowest BCUT2D eigenvalue weighted by molar-refractivity contribution is 0.0170. The van der Waals surface area contributed by atoms with E-state index in [1.165, 1.54) is 5.56 Å². The molecular weight excluding hydrogens is 378 g/mol. The van der Waals surface area contributed by atoms with E-state index in [9.17, 15) is 0 Å². The van der Waals surface area contributed by atoms with Gasteiger partial charge in [-0.05, 0) is 49.9 Å². The molecule has 0 saturated carbocycles. The molecule has 4 atom stereocenters. The fourth-order valence-electron chi connectivity index (χ4n) is 4.78. The highest BCUT2D eigenvalue weighted by Gasteiger charge is 2.43. The first-order chi connectivity index (χ1) is 14.4. The average Bonchev–Trinajstić information content (AvgIpc) is 3.20. The van der Waals surface area contributed by atoms with Gasteiger partial charge in [-0.15, -0.1) is 0 Å². The van der Waals surface area contributed by atoms with Gasteiger partial charge in [-0.2, -0.15) is 5.10 Å². The Balaban J connectivity index is 1.77. The van der Waals surface area contributed by atoms with E-state index in [0.717, 1.165) is 43.1 Å². The number of methoxy groups -OCH3 is 1. The number of hydrogen-bond donors (Lipinski definition) is 3. The van der Waals surface area contributed by atoms with Gasteiger partial charge in [0.05, 0.1) is 13.3 Å². The molecule has 8 nitrogen and oxygen atoms in total. The van der Waals surface area contributed by atoms with Gasteiger partial charge in [0, 0.05) is 24.2 Å². The number of rotatable bonds is 5. The first kappa shape index (κ1) is 21.1. The van der Waals surface area contributed by atoms with Gasteiger partial charge < -0.3 is 15.0 Å². The number of piperidine rings is 1. The minimum atomic E-state index is -0.448. The van der Waals surface area contributed by atoms with E-state index < -0.39 is 6.29 Å². The molecule has 0 amide bonds. The summed E-state index contributed by atoms with van der Waals surface area (Å²) in [5.41, 5.74) is 16.0. The molecule has 1 aromatic heterocycles. The average molecular weight is 414 g/mol. The van der Waals surface area contributed by atoms with E-state index in [1.54, 1.807) is 7.11 Å². The summed E-state index contributed by atoms with van der Waals surface area (Å²) in [6, 6.07) is 8.39. The van der Waals surface area contributed by atoms with Gasteiger partial charge in [-0.3, -0.25) is 11.5 Å². The molecule has 2 aliphatic heterocycles. The van der Waals surface area contributed by atoms with Crippen LogP contribution in [0.5, 0.6) is 5.75 Å². The predicted octanol–water partition coefficient (Wildman–Crippen LogP) is 2.31. The Labute approximate surface area is 179 Å². The van der Waals surface area contributed by atoms with Gasteiger partial charge in [0.25, 0.3) is 0 Å². The number of hydrogen-bond acceptors (Lipinski definition) is 7. The monoisotopic (exact) mass is 413 g/mol. The Bertz CT molecular complexity index is 861. The third kappa shape index (κ3) is 3.58. The molecule has 3 heterocycles. The van der Waals surface area contributed by atoms with Crippen LogP contribution >= 0.6 is 0 Å². The second-order valence-electron chi connectivity index (χ2n) is 8.66. The Morgan fingerprint density at radius 2 is 2.00 bits per heavy atom. The summed E-state index contributed by atoms with van der Waals surface area (Å²) in [7, 11) is 1.68. The number of fused-ring (bicyclic) bond motifs is 1. The standard InChI is InChI=1S/C22H35N7O/c1-14(2)19-13-26-29-20(19)28(17-8-6-10-25-12-17)21(23)27(22(29)24)15(3)16-7-5-9-18(11-16)30-4/h5,7,9,11,13-15,17,21-22,25H,6,8,10,12,23-24H2,1-4H3/t15-,17+,21?,22?/m0/s1. The van der Waals surface area contributed by atoms with E-state index in [4.69, 9.17) is 21.3 Å². The minimum absolute atomic E-state index is 0.0102. The largest absolute Gasteiger partial charge is 0.497 e. The SMILES string of the molecule is COc1cccc([C@H](C)N2C(N)N([C@@H]3CCCNC3)c3c(C(C)C)cnn3C2N)c1. The Morgan fingerprint density at radius 1 is 1.20 bits per heavy atom. The van der Waals surface area contributed by atoms with E-state index in [0.29, 0.717) is 12.0 Å². The second-order valence-corrected chi connectivity index (χ2v) is 8.66. The summed E-state index contributed by atoms with van der Waals surface area (Å²) in [6.45, 7) is 8.49. The highest BCUT2D eigenvalue weighted by molar-refractivity contribution is 5.52. The fraction of sp³-hybridized carbons (Fsp3) is 0.591. The molecule has 2 aliphatic rings. The molecule has 0 bridgehead atoms. The van der Waals surface area contributed by atoms with Crippen molar-refractivity contribution in [1.29, 1.82) is 0 Å². The van der Waals surface area contributed by atoms with Crippen LogP contribution < -0.4 is 26.4 Å². The Morgan fingerprint density at radius 3 is 2.67 bits per heavy atom.